The number of benzene rings is 1. The molecule has 1 unspecified atom stereocenters. The van der Waals surface area contributed by atoms with Gasteiger partial charge in [-0.25, -0.2) is 0 Å². The molecule has 3 nitrogen and oxygen atoms in total. The molecule has 19 heavy (non-hydrogen) atoms. The Hall–Kier alpha value is -1.77. The summed E-state index contributed by atoms with van der Waals surface area (Å²) in [6, 6.07) is 8.06. The highest BCUT2D eigenvalue weighted by molar-refractivity contribution is 5.92. The summed E-state index contributed by atoms with van der Waals surface area (Å²) < 4.78 is 5.27. The predicted molar refractivity (Wildman–Crippen MR) is 77.1 cm³/mol. The number of carbonyl (C=O) groups excluding carboxylic acids is 1. The topological polar surface area (TPSA) is 29.5 Å². The van der Waals surface area contributed by atoms with Gasteiger partial charge < -0.3 is 9.64 Å². The monoisotopic (exact) mass is 259 g/mol. The Morgan fingerprint density at radius 1 is 1.37 bits per heavy atom. The van der Waals surface area contributed by atoms with E-state index in [9.17, 15) is 4.79 Å². The van der Waals surface area contributed by atoms with Gasteiger partial charge in [0.15, 0.2) is 0 Å². The van der Waals surface area contributed by atoms with Crippen LogP contribution in [0, 0.1) is 0 Å². The zero-order valence-electron chi connectivity index (χ0n) is 11.6. The number of likely N-dealkylation sites (tertiary alicyclic amines) is 1. The van der Waals surface area contributed by atoms with Gasteiger partial charge in [0.25, 0.3) is 0 Å². The first kappa shape index (κ1) is 13.7. The van der Waals surface area contributed by atoms with Gasteiger partial charge in [0.1, 0.15) is 5.75 Å². The molecule has 1 aromatic rings. The van der Waals surface area contributed by atoms with E-state index in [4.69, 9.17) is 4.74 Å². The second-order valence-corrected chi connectivity index (χ2v) is 4.95. The maximum Gasteiger partial charge on any atom is 0.246 e. The molecule has 1 heterocycles. The highest BCUT2D eigenvalue weighted by Crippen LogP contribution is 2.20. The van der Waals surface area contributed by atoms with Crippen LogP contribution in [0.4, 0.5) is 0 Å². The van der Waals surface area contributed by atoms with E-state index in [1.165, 1.54) is 6.42 Å². The Labute approximate surface area is 114 Å². The normalized spacial score (nSPS) is 19.7. The molecule has 3 heteroatoms. The van der Waals surface area contributed by atoms with Crippen molar-refractivity contribution >= 4 is 12.0 Å². The van der Waals surface area contributed by atoms with Crippen molar-refractivity contribution in [3.8, 4) is 5.75 Å². The van der Waals surface area contributed by atoms with Crippen LogP contribution < -0.4 is 4.74 Å². The molecule has 102 valence electrons. The number of amides is 1. The Bertz CT molecular complexity index is 468. The van der Waals surface area contributed by atoms with Crippen LogP contribution in [0.25, 0.3) is 6.08 Å². The molecule has 1 aromatic carbocycles. The van der Waals surface area contributed by atoms with Crippen molar-refractivity contribution in [2.45, 2.75) is 32.2 Å². The van der Waals surface area contributed by atoms with Gasteiger partial charge in [-0.1, -0.05) is 18.2 Å². The van der Waals surface area contributed by atoms with Crippen LogP contribution >= 0.6 is 0 Å². The Kier molecular flexibility index (Phi) is 4.61. The number of methoxy groups -OCH3 is 1. The molecule has 0 spiro atoms. The van der Waals surface area contributed by atoms with Crippen LogP contribution in [0.1, 0.15) is 31.7 Å². The SMILES string of the molecule is COc1ccccc1C=CC(=O)N1CCCCC1C. The van der Waals surface area contributed by atoms with E-state index >= 15 is 0 Å². The van der Waals surface area contributed by atoms with Crippen molar-refractivity contribution in [3.63, 3.8) is 0 Å². The van der Waals surface area contributed by atoms with Crippen molar-refractivity contribution in [1.82, 2.24) is 4.90 Å². The Morgan fingerprint density at radius 3 is 2.89 bits per heavy atom. The number of para-hydroxylation sites is 1. The molecule has 0 N–H and O–H groups in total. The highest BCUT2D eigenvalue weighted by Gasteiger charge is 2.21. The first-order chi connectivity index (χ1) is 9.22. The molecule has 1 aliphatic heterocycles. The summed E-state index contributed by atoms with van der Waals surface area (Å²) in [5, 5.41) is 0. The molecule has 0 radical (unpaired) electrons. The summed E-state index contributed by atoms with van der Waals surface area (Å²) in [6.07, 6.45) is 6.93. The number of ether oxygens (including phenoxy) is 1. The minimum absolute atomic E-state index is 0.0955. The highest BCUT2D eigenvalue weighted by atomic mass is 16.5. The summed E-state index contributed by atoms with van der Waals surface area (Å²) in [4.78, 5) is 14.1. The van der Waals surface area contributed by atoms with E-state index < -0.39 is 0 Å². The number of carbonyl (C=O) groups is 1. The molecule has 1 aliphatic rings. The van der Waals surface area contributed by atoms with E-state index in [0.29, 0.717) is 6.04 Å². The molecule has 1 amide bonds. The molecule has 1 fully saturated rings. The van der Waals surface area contributed by atoms with Crippen molar-refractivity contribution in [1.29, 1.82) is 0 Å². The van der Waals surface area contributed by atoms with Crippen molar-refractivity contribution in [2.24, 2.45) is 0 Å². The van der Waals surface area contributed by atoms with Crippen LogP contribution in [0.2, 0.25) is 0 Å². The van der Waals surface area contributed by atoms with E-state index in [2.05, 4.69) is 6.92 Å². The van der Waals surface area contributed by atoms with Crippen molar-refractivity contribution < 1.29 is 9.53 Å². The fraction of sp³-hybridized carbons (Fsp3) is 0.438. The average Bonchev–Trinajstić information content (AvgIpc) is 2.45. The summed E-state index contributed by atoms with van der Waals surface area (Å²) in [7, 11) is 1.64. The second-order valence-electron chi connectivity index (χ2n) is 4.95. The quantitative estimate of drug-likeness (QED) is 0.781. The van der Waals surface area contributed by atoms with Gasteiger partial charge in [0.2, 0.25) is 5.91 Å². The lowest BCUT2D eigenvalue weighted by atomic mass is 10.0. The summed E-state index contributed by atoms with van der Waals surface area (Å²) in [5.41, 5.74) is 0.933. The van der Waals surface area contributed by atoms with E-state index in [0.717, 1.165) is 30.7 Å². The number of nitrogens with zero attached hydrogens (tertiary/aromatic N) is 1. The van der Waals surface area contributed by atoms with Gasteiger partial charge in [-0.2, -0.15) is 0 Å². The fourth-order valence-corrected chi connectivity index (χ4v) is 2.49. The molecule has 0 bridgehead atoms. The van der Waals surface area contributed by atoms with E-state index in [-0.39, 0.29) is 5.91 Å². The molecule has 0 saturated carbocycles. The van der Waals surface area contributed by atoms with Gasteiger partial charge >= 0.3 is 0 Å². The molecule has 0 aromatic heterocycles. The minimum atomic E-state index is 0.0955. The first-order valence-corrected chi connectivity index (χ1v) is 6.84. The summed E-state index contributed by atoms with van der Waals surface area (Å²) in [6.45, 7) is 2.99. The van der Waals surface area contributed by atoms with Crippen LogP contribution in [0.15, 0.2) is 30.3 Å². The van der Waals surface area contributed by atoms with Gasteiger partial charge in [0.05, 0.1) is 7.11 Å². The van der Waals surface area contributed by atoms with Crippen LogP contribution in [-0.4, -0.2) is 30.5 Å². The van der Waals surface area contributed by atoms with Crippen molar-refractivity contribution in [2.75, 3.05) is 13.7 Å². The third-order valence-corrected chi connectivity index (χ3v) is 3.63. The van der Waals surface area contributed by atoms with Crippen LogP contribution in [-0.2, 0) is 4.79 Å². The minimum Gasteiger partial charge on any atom is -0.496 e. The number of piperidine rings is 1. The van der Waals surface area contributed by atoms with Crippen molar-refractivity contribution in [3.05, 3.63) is 35.9 Å². The average molecular weight is 259 g/mol. The van der Waals surface area contributed by atoms with E-state index in [1.54, 1.807) is 13.2 Å². The maximum absolute atomic E-state index is 12.2. The first-order valence-electron chi connectivity index (χ1n) is 6.84. The Morgan fingerprint density at radius 2 is 2.16 bits per heavy atom. The lowest BCUT2D eigenvalue weighted by Gasteiger charge is -2.32. The van der Waals surface area contributed by atoms with Gasteiger partial charge in [-0.05, 0) is 38.3 Å². The zero-order valence-corrected chi connectivity index (χ0v) is 11.6. The number of hydrogen-bond donors (Lipinski definition) is 0. The summed E-state index contributed by atoms with van der Waals surface area (Å²) >= 11 is 0. The summed E-state index contributed by atoms with van der Waals surface area (Å²) in [5.74, 6) is 0.886. The fourth-order valence-electron chi connectivity index (χ4n) is 2.49. The third kappa shape index (κ3) is 3.37. The largest absolute Gasteiger partial charge is 0.496 e. The van der Waals surface area contributed by atoms with Crippen LogP contribution in [0.5, 0.6) is 5.75 Å². The Balaban J connectivity index is 2.07. The standard InChI is InChI=1S/C16H21NO2/c1-13-7-5-6-12-17(13)16(18)11-10-14-8-3-4-9-15(14)19-2/h3-4,8-11,13H,5-7,12H2,1-2H3. The van der Waals surface area contributed by atoms with E-state index in [1.807, 2.05) is 35.2 Å². The number of rotatable bonds is 3. The molecule has 0 aliphatic carbocycles. The van der Waals surface area contributed by atoms with Gasteiger partial charge in [-0.15, -0.1) is 0 Å². The molecule has 1 atom stereocenters. The van der Waals surface area contributed by atoms with Crippen LogP contribution in [0.3, 0.4) is 0 Å². The molecular weight excluding hydrogens is 238 g/mol. The predicted octanol–water partition coefficient (Wildman–Crippen LogP) is 3.11. The smallest absolute Gasteiger partial charge is 0.246 e. The zero-order chi connectivity index (χ0) is 13.7. The van der Waals surface area contributed by atoms with Gasteiger partial charge in [-0.3, -0.25) is 4.79 Å². The second kappa shape index (κ2) is 6.41. The lowest BCUT2D eigenvalue weighted by molar-refractivity contribution is -0.129. The molecule has 1 saturated heterocycles. The molecular formula is C16H21NO2. The van der Waals surface area contributed by atoms with Gasteiger partial charge in [0, 0.05) is 24.2 Å². The lowest BCUT2D eigenvalue weighted by Crippen LogP contribution is -2.41. The number of hydrogen-bond acceptors (Lipinski definition) is 2. The maximum atomic E-state index is 12.2. The third-order valence-electron chi connectivity index (χ3n) is 3.63. The molecule has 2 rings (SSSR count).